The molecule has 0 saturated carbocycles. The summed E-state index contributed by atoms with van der Waals surface area (Å²) >= 11 is 0. The molecule has 0 N–H and O–H groups in total. The minimum atomic E-state index is -0.333. The van der Waals surface area contributed by atoms with Gasteiger partial charge in [-0.2, -0.15) is 0 Å². The minimum Gasteiger partial charge on any atom is -0.407 e. The number of rotatable bonds is 1. The monoisotopic (exact) mass is 179 g/mol. The number of pyridine rings is 1. The summed E-state index contributed by atoms with van der Waals surface area (Å²) in [5, 5.41) is 0. The van der Waals surface area contributed by atoms with Crippen LogP contribution in [0, 0.1) is 20.8 Å². The van der Waals surface area contributed by atoms with Crippen molar-refractivity contribution >= 4 is 5.97 Å². The first kappa shape index (κ1) is 9.71. The molecule has 0 fully saturated rings. The van der Waals surface area contributed by atoms with Gasteiger partial charge in [-0.05, 0) is 32.4 Å². The van der Waals surface area contributed by atoms with Crippen LogP contribution in [0.5, 0.6) is 5.88 Å². The molecule has 0 spiro atoms. The molecule has 3 heteroatoms. The van der Waals surface area contributed by atoms with Gasteiger partial charge in [-0.15, -0.1) is 0 Å². The van der Waals surface area contributed by atoms with Gasteiger partial charge < -0.3 is 4.74 Å². The van der Waals surface area contributed by atoms with Crippen LogP contribution >= 0.6 is 0 Å². The van der Waals surface area contributed by atoms with Gasteiger partial charge in [0.2, 0.25) is 5.88 Å². The van der Waals surface area contributed by atoms with E-state index in [9.17, 15) is 4.79 Å². The van der Waals surface area contributed by atoms with Gasteiger partial charge in [0, 0.05) is 18.2 Å². The highest BCUT2D eigenvalue weighted by molar-refractivity contribution is 5.69. The number of aryl methyl sites for hydroxylation is 2. The summed E-state index contributed by atoms with van der Waals surface area (Å²) in [6, 6.07) is 1.96. The van der Waals surface area contributed by atoms with E-state index in [4.69, 9.17) is 4.74 Å². The van der Waals surface area contributed by atoms with Crippen molar-refractivity contribution in [1.82, 2.24) is 4.98 Å². The summed E-state index contributed by atoms with van der Waals surface area (Å²) < 4.78 is 4.96. The maximum atomic E-state index is 10.7. The smallest absolute Gasteiger partial charge is 0.309 e. The zero-order valence-corrected chi connectivity index (χ0v) is 8.34. The average Bonchev–Trinajstić information content (AvgIpc) is 1.98. The SMILES string of the molecule is CC(=O)Oc1nc(C)cc(C)c1C. The normalized spacial score (nSPS) is 9.85. The molecule has 0 atom stereocenters. The molecule has 0 aliphatic carbocycles. The van der Waals surface area contributed by atoms with Crippen molar-refractivity contribution in [2.24, 2.45) is 0 Å². The highest BCUT2D eigenvalue weighted by Crippen LogP contribution is 2.19. The standard InChI is InChI=1S/C10H13NO2/c1-6-5-7(2)11-10(8(6)3)13-9(4)12/h5H,1-4H3. The Labute approximate surface area is 77.8 Å². The van der Waals surface area contributed by atoms with Crippen LogP contribution in [-0.4, -0.2) is 11.0 Å². The summed E-state index contributed by atoms with van der Waals surface area (Å²) in [5.74, 6) is 0.0885. The molecule has 13 heavy (non-hydrogen) atoms. The summed E-state index contributed by atoms with van der Waals surface area (Å²) in [6.07, 6.45) is 0. The molecule has 0 amide bonds. The topological polar surface area (TPSA) is 39.2 Å². The molecule has 0 aliphatic rings. The van der Waals surface area contributed by atoms with Crippen LogP contribution < -0.4 is 4.74 Å². The maximum Gasteiger partial charge on any atom is 0.309 e. The van der Waals surface area contributed by atoms with E-state index in [0.29, 0.717) is 5.88 Å². The van der Waals surface area contributed by atoms with Gasteiger partial charge in [0.15, 0.2) is 0 Å². The molecular formula is C10H13NO2. The van der Waals surface area contributed by atoms with Crippen LogP contribution in [0.4, 0.5) is 0 Å². The Bertz CT molecular complexity index is 345. The summed E-state index contributed by atoms with van der Waals surface area (Å²) in [7, 11) is 0. The number of nitrogens with zero attached hydrogens (tertiary/aromatic N) is 1. The van der Waals surface area contributed by atoms with Gasteiger partial charge in [-0.1, -0.05) is 0 Å². The largest absolute Gasteiger partial charge is 0.407 e. The first-order valence-corrected chi connectivity index (χ1v) is 4.14. The van der Waals surface area contributed by atoms with Crippen LogP contribution in [0.25, 0.3) is 0 Å². The van der Waals surface area contributed by atoms with E-state index in [-0.39, 0.29) is 5.97 Å². The van der Waals surface area contributed by atoms with Crippen molar-refractivity contribution in [3.63, 3.8) is 0 Å². The van der Waals surface area contributed by atoms with Gasteiger partial charge in [0.05, 0.1) is 0 Å². The Morgan fingerprint density at radius 1 is 1.38 bits per heavy atom. The number of carbonyl (C=O) groups excluding carboxylic acids is 1. The molecule has 0 aromatic carbocycles. The van der Waals surface area contributed by atoms with Gasteiger partial charge in [-0.3, -0.25) is 4.79 Å². The van der Waals surface area contributed by atoms with Crippen LogP contribution in [-0.2, 0) is 4.79 Å². The van der Waals surface area contributed by atoms with Crippen molar-refractivity contribution in [2.45, 2.75) is 27.7 Å². The van der Waals surface area contributed by atoms with Gasteiger partial charge in [-0.25, -0.2) is 4.98 Å². The Morgan fingerprint density at radius 3 is 2.54 bits per heavy atom. The van der Waals surface area contributed by atoms with Gasteiger partial charge in [0.1, 0.15) is 0 Å². The van der Waals surface area contributed by atoms with E-state index < -0.39 is 0 Å². The van der Waals surface area contributed by atoms with Crippen LogP contribution in [0.3, 0.4) is 0 Å². The lowest BCUT2D eigenvalue weighted by molar-refractivity contribution is -0.132. The molecule has 0 unspecified atom stereocenters. The Kier molecular flexibility index (Phi) is 2.66. The number of hydrogen-bond donors (Lipinski definition) is 0. The molecule has 0 radical (unpaired) electrons. The maximum absolute atomic E-state index is 10.7. The van der Waals surface area contributed by atoms with E-state index in [0.717, 1.165) is 16.8 Å². The highest BCUT2D eigenvalue weighted by Gasteiger charge is 2.07. The number of hydrogen-bond acceptors (Lipinski definition) is 3. The van der Waals surface area contributed by atoms with Gasteiger partial charge in [0.25, 0.3) is 0 Å². The molecule has 0 aliphatic heterocycles. The molecule has 1 aromatic rings. The first-order valence-electron chi connectivity index (χ1n) is 4.14. The number of esters is 1. The van der Waals surface area contributed by atoms with E-state index >= 15 is 0 Å². The second kappa shape index (κ2) is 3.56. The van der Waals surface area contributed by atoms with Crippen LogP contribution in [0.15, 0.2) is 6.07 Å². The Morgan fingerprint density at radius 2 is 2.00 bits per heavy atom. The van der Waals surface area contributed by atoms with E-state index in [2.05, 4.69) is 4.98 Å². The molecule has 3 nitrogen and oxygen atoms in total. The van der Waals surface area contributed by atoms with E-state index in [1.165, 1.54) is 6.92 Å². The quantitative estimate of drug-likeness (QED) is 0.618. The predicted molar refractivity (Wildman–Crippen MR) is 49.8 cm³/mol. The van der Waals surface area contributed by atoms with Gasteiger partial charge >= 0.3 is 5.97 Å². The Hall–Kier alpha value is -1.38. The van der Waals surface area contributed by atoms with E-state index in [1.54, 1.807) is 0 Å². The molecule has 0 bridgehead atoms. The van der Waals surface area contributed by atoms with Crippen LogP contribution in [0.2, 0.25) is 0 Å². The summed E-state index contributed by atoms with van der Waals surface area (Å²) in [6.45, 7) is 7.11. The second-order valence-corrected chi connectivity index (χ2v) is 3.10. The lowest BCUT2D eigenvalue weighted by Crippen LogP contribution is -2.06. The lowest BCUT2D eigenvalue weighted by atomic mass is 10.1. The summed E-state index contributed by atoms with van der Waals surface area (Å²) in [5.41, 5.74) is 2.86. The number of carbonyl (C=O) groups is 1. The summed E-state index contributed by atoms with van der Waals surface area (Å²) in [4.78, 5) is 14.9. The zero-order chi connectivity index (χ0) is 10.0. The van der Waals surface area contributed by atoms with Crippen molar-refractivity contribution < 1.29 is 9.53 Å². The number of aromatic nitrogens is 1. The first-order chi connectivity index (χ1) is 6.00. The average molecular weight is 179 g/mol. The lowest BCUT2D eigenvalue weighted by Gasteiger charge is -2.07. The predicted octanol–water partition coefficient (Wildman–Crippen LogP) is 1.93. The van der Waals surface area contributed by atoms with Crippen molar-refractivity contribution in [3.05, 3.63) is 22.9 Å². The molecule has 1 heterocycles. The molecule has 1 aromatic heterocycles. The fourth-order valence-corrected chi connectivity index (χ4v) is 1.10. The van der Waals surface area contributed by atoms with Crippen LogP contribution in [0.1, 0.15) is 23.7 Å². The van der Waals surface area contributed by atoms with E-state index in [1.807, 2.05) is 26.8 Å². The fourth-order valence-electron chi connectivity index (χ4n) is 1.10. The fraction of sp³-hybridized carbons (Fsp3) is 0.400. The zero-order valence-electron chi connectivity index (χ0n) is 8.34. The molecular weight excluding hydrogens is 166 g/mol. The third-order valence-corrected chi connectivity index (χ3v) is 1.86. The molecule has 0 saturated heterocycles. The third-order valence-electron chi connectivity index (χ3n) is 1.86. The van der Waals surface area contributed by atoms with Crippen molar-refractivity contribution in [1.29, 1.82) is 0 Å². The third kappa shape index (κ3) is 2.28. The van der Waals surface area contributed by atoms with Crippen molar-refractivity contribution in [3.8, 4) is 5.88 Å². The second-order valence-electron chi connectivity index (χ2n) is 3.10. The number of ether oxygens (including phenoxy) is 1. The van der Waals surface area contributed by atoms with Crippen molar-refractivity contribution in [2.75, 3.05) is 0 Å². The molecule has 70 valence electrons. The minimum absolute atomic E-state index is 0.333. The highest BCUT2D eigenvalue weighted by atomic mass is 16.5. The Balaban J connectivity index is 3.12. The molecule has 1 rings (SSSR count).